The zero-order valence-corrected chi connectivity index (χ0v) is 12.7. The van der Waals surface area contributed by atoms with E-state index in [0.717, 1.165) is 22.6 Å². The van der Waals surface area contributed by atoms with E-state index in [0.29, 0.717) is 19.3 Å². The lowest BCUT2D eigenvalue weighted by atomic mass is 10.1. The molecule has 116 valence electrons. The van der Waals surface area contributed by atoms with E-state index in [9.17, 15) is 4.79 Å². The molecule has 0 unspecified atom stereocenters. The van der Waals surface area contributed by atoms with Gasteiger partial charge in [-0.2, -0.15) is 0 Å². The first-order valence-corrected chi connectivity index (χ1v) is 7.34. The number of carbonyl (C=O) groups excluding carboxylic acids is 1. The number of nitrogens with one attached hydrogen (secondary N) is 1. The summed E-state index contributed by atoms with van der Waals surface area (Å²) in [5.41, 5.74) is 2.90. The van der Waals surface area contributed by atoms with E-state index in [1.165, 1.54) is 0 Å². The van der Waals surface area contributed by atoms with Crippen molar-refractivity contribution in [1.29, 1.82) is 0 Å². The van der Waals surface area contributed by atoms with E-state index in [-0.39, 0.29) is 12.5 Å². The van der Waals surface area contributed by atoms with Crippen molar-refractivity contribution in [2.24, 2.45) is 0 Å². The van der Waals surface area contributed by atoms with E-state index in [2.05, 4.69) is 5.32 Å². The van der Waals surface area contributed by atoms with Crippen LogP contribution in [0.2, 0.25) is 0 Å². The average molecular weight is 299 g/mol. The molecule has 2 N–H and O–H groups in total. The standard InChI is InChI=1S/C18H21NO3/c1-22-17-4-2-3-15(13-17)7-10-18(21)19-16-8-5-14(6-9-16)11-12-20/h2-6,8-9,13,20H,7,10-12H2,1H3,(H,19,21). The molecule has 0 atom stereocenters. The van der Waals surface area contributed by atoms with Crippen LogP contribution in [-0.4, -0.2) is 24.7 Å². The van der Waals surface area contributed by atoms with E-state index in [1.54, 1.807) is 7.11 Å². The number of rotatable bonds is 7. The first-order valence-electron chi connectivity index (χ1n) is 7.34. The Morgan fingerprint density at radius 1 is 1.09 bits per heavy atom. The molecule has 0 aromatic heterocycles. The van der Waals surface area contributed by atoms with Gasteiger partial charge in [-0.1, -0.05) is 24.3 Å². The van der Waals surface area contributed by atoms with Crippen LogP contribution in [0.15, 0.2) is 48.5 Å². The zero-order valence-electron chi connectivity index (χ0n) is 12.7. The first-order chi connectivity index (χ1) is 10.7. The Morgan fingerprint density at radius 2 is 1.86 bits per heavy atom. The van der Waals surface area contributed by atoms with Gasteiger partial charge in [0, 0.05) is 18.7 Å². The first kappa shape index (κ1) is 16.0. The summed E-state index contributed by atoms with van der Waals surface area (Å²) in [6, 6.07) is 15.3. The summed E-state index contributed by atoms with van der Waals surface area (Å²) in [5, 5.41) is 11.7. The molecule has 0 spiro atoms. The summed E-state index contributed by atoms with van der Waals surface area (Å²) in [6.45, 7) is 0.131. The third-order valence-corrected chi connectivity index (χ3v) is 3.41. The molecule has 2 aromatic carbocycles. The fraction of sp³-hybridized carbons (Fsp3) is 0.278. The van der Waals surface area contributed by atoms with Crippen LogP contribution in [-0.2, 0) is 17.6 Å². The molecule has 0 saturated carbocycles. The topological polar surface area (TPSA) is 58.6 Å². The third-order valence-electron chi connectivity index (χ3n) is 3.41. The lowest BCUT2D eigenvalue weighted by Crippen LogP contribution is -2.12. The molecule has 0 fully saturated rings. The summed E-state index contributed by atoms with van der Waals surface area (Å²) in [5.74, 6) is 0.787. The smallest absolute Gasteiger partial charge is 0.224 e. The number of ether oxygens (including phenoxy) is 1. The monoisotopic (exact) mass is 299 g/mol. The van der Waals surface area contributed by atoms with Crippen molar-refractivity contribution in [3.63, 3.8) is 0 Å². The van der Waals surface area contributed by atoms with Gasteiger partial charge in [-0.05, 0) is 48.2 Å². The van der Waals surface area contributed by atoms with Crippen molar-refractivity contribution >= 4 is 11.6 Å². The summed E-state index contributed by atoms with van der Waals surface area (Å²) < 4.78 is 5.17. The molecule has 0 saturated heterocycles. The molecule has 0 radical (unpaired) electrons. The van der Waals surface area contributed by atoms with Gasteiger partial charge in [0.15, 0.2) is 0 Å². The summed E-state index contributed by atoms with van der Waals surface area (Å²) in [7, 11) is 1.63. The molecule has 0 bridgehead atoms. The van der Waals surface area contributed by atoms with Gasteiger partial charge in [0.2, 0.25) is 5.91 Å². The summed E-state index contributed by atoms with van der Waals surface area (Å²) in [4.78, 5) is 12.0. The van der Waals surface area contributed by atoms with Crippen LogP contribution in [0.5, 0.6) is 5.75 Å². The Kier molecular flexibility index (Phi) is 5.98. The highest BCUT2D eigenvalue weighted by molar-refractivity contribution is 5.90. The SMILES string of the molecule is COc1cccc(CCC(=O)Nc2ccc(CCO)cc2)c1. The van der Waals surface area contributed by atoms with Crippen molar-refractivity contribution in [1.82, 2.24) is 0 Å². The predicted molar refractivity (Wildman–Crippen MR) is 87.2 cm³/mol. The third kappa shape index (κ3) is 4.90. The van der Waals surface area contributed by atoms with E-state index < -0.39 is 0 Å². The van der Waals surface area contributed by atoms with Gasteiger partial charge in [-0.3, -0.25) is 4.79 Å². The number of hydrogen-bond donors (Lipinski definition) is 2. The second-order valence-corrected chi connectivity index (χ2v) is 5.07. The van der Waals surface area contributed by atoms with Crippen molar-refractivity contribution in [2.45, 2.75) is 19.3 Å². The number of carbonyl (C=O) groups is 1. The van der Waals surface area contributed by atoms with Crippen molar-refractivity contribution < 1.29 is 14.6 Å². The molecule has 4 nitrogen and oxygen atoms in total. The number of aliphatic hydroxyl groups is 1. The maximum absolute atomic E-state index is 12.0. The Hall–Kier alpha value is -2.33. The number of methoxy groups -OCH3 is 1. The van der Waals surface area contributed by atoms with Crippen LogP contribution >= 0.6 is 0 Å². The van der Waals surface area contributed by atoms with E-state index in [4.69, 9.17) is 9.84 Å². The predicted octanol–water partition coefficient (Wildman–Crippen LogP) is 2.80. The van der Waals surface area contributed by atoms with Gasteiger partial charge < -0.3 is 15.2 Å². The van der Waals surface area contributed by atoms with E-state index in [1.807, 2.05) is 48.5 Å². The highest BCUT2D eigenvalue weighted by Gasteiger charge is 2.04. The van der Waals surface area contributed by atoms with Gasteiger partial charge in [-0.25, -0.2) is 0 Å². The van der Waals surface area contributed by atoms with Crippen LogP contribution in [0.4, 0.5) is 5.69 Å². The summed E-state index contributed by atoms with van der Waals surface area (Å²) in [6.07, 6.45) is 1.72. The lowest BCUT2D eigenvalue weighted by Gasteiger charge is -2.07. The molecule has 0 aliphatic rings. The van der Waals surface area contributed by atoms with Crippen LogP contribution < -0.4 is 10.1 Å². The Morgan fingerprint density at radius 3 is 2.55 bits per heavy atom. The highest BCUT2D eigenvalue weighted by Crippen LogP contribution is 2.15. The summed E-state index contributed by atoms with van der Waals surface area (Å²) >= 11 is 0. The fourth-order valence-electron chi connectivity index (χ4n) is 2.19. The van der Waals surface area contributed by atoms with Crippen molar-refractivity contribution in [2.75, 3.05) is 19.0 Å². The van der Waals surface area contributed by atoms with Crippen LogP contribution in [0.3, 0.4) is 0 Å². The molecule has 0 aliphatic carbocycles. The van der Waals surface area contributed by atoms with Crippen molar-refractivity contribution in [3.8, 4) is 5.75 Å². The molecule has 2 aromatic rings. The minimum atomic E-state index is -0.0160. The quantitative estimate of drug-likeness (QED) is 0.826. The fourth-order valence-corrected chi connectivity index (χ4v) is 2.19. The Balaban J connectivity index is 1.84. The lowest BCUT2D eigenvalue weighted by molar-refractivity contribution is -0.116. The number of anilines is 1. The molecule has 22 heavy (non-hydrogen) atoms. The number of hydrogen-bond acceptors (Lipinski definition) is 3. The molecule has 0 heterocycles. The molecule has 2 rings (SSSR count). The maximum atomic E-state index is 12.0. The number of amides is 1. The van der Waals surface area contributed by atoms with Gasteiger partial charge in [0.05, 0.1) is 7.11 Å². The second-order valence-electron chi connectivity index (χ2n) is 5.07. The van der Waals surface area contributed by atoms with Gasteiger partial charge in [0.1, 0.15) is 5.75 Å². The Bertz CT molecular complexity index is 608. The highest BCUT2D eigenvalue weighted by atomic mass is 16.5. The maximum Gasteiger partial charge on any atom is 0.224 e. The minimum absolute atomic E-state index is 0.0160. The molecule has 4 heteroatoms. The van der Waals surface area contributed by atoms with Crippen LogP contribution in [0.25, 0.3) is 0 Å². The molecular weight excluding hydrogens is 278 g/mol. The van der Waals surface area contributed by atoms with Gasteiger partial charge in [0.25, 0.3) is 0 Å². The average Bonchev–Trinajstić information content (AvgIpc) is 2.55. The number of benzene rings is 2. The van der Waals surface area contributed by atoms with Gasteiger partial charge >= 0.3 is 0 Å². The minimum Gasteiger partial charge on any atom is -0.497 e. The molecule has 1 amide bonds. The largest absolute Gasteiger partial charge is 0.497 e. The molecule has 0 aliphatic heterocycles. The normalized spacial score (nSPS) is 10.3. The number of aliphatic hydroxyl groups excluding tert-OH is 1. The second kappa shape index (κ2) is 8.20. The van der Waals surface area contributed by atoms with Gasteiger partial charge in [-0.15, -0.1) is 0 Å². The number of aryl methyl sites for hydroxylation is 1. The Labute approximate surface area is 130 Å². The van der Waals surface area contributed by atoms with Crippen molar-refractivity contribution in [3.05, 3.63) is 59.7 Å². The zero-order chi connectivity index (χ0) is 15.8. The van der Waals surface area contributed by atoms with Crippen LogP contribution in [0.1, 0.15) is 17.5 Å². The molecular formula is C18H21NO3. The van der Waals surface area contributed by atoms with E-state index >= 15 is 0 Å². The van der Waals surface area contributed by atoms with Crippen LogP contribution in [0, 0.1) is 0 Å².